The smallest absolute Gasteiger partial charge is 0.102 e. The number of allylic oxidation sites excluding steroid dienone is 1. The minimum absolute atomic E-state index is 0.462. The maximum absolute atomic E-state index is 5.58. The quantitative estimate of drug-likeness (QED) is 0.311. The van der Waals surface area contributed by atoms with Crippen LogP contribution in [0.15, 0.2) is 12.2 Å². The molecule has 1 fully saturated rings. The molecule has 0 aromatic heterocycles. The topological polar surface area (TPSA) is 12.5 Å². The molecule has 0 aliphatic carbocycles. The van der Waals surface area contributed by atoms with E-state index >= 15 is 0 Å². The van der Waals surface area contributed by atoms with E-state index in [9.17, 15) is 0 Å². The Morgan fingerprint density at radius 1 is 1.00 bits per heavy atom. The van der Waals surface area contributed by atoms with Crippen molar-refractivity contribution < 1.29 is 4.74 Å². The Morgan fingerprint density at radius 2 is 1.73 bits per heavy atom. The first-order valence-corrected chi connectivity index (χ1v) is 6.70. The summed E-state index contributed by atoms with van der Waals surface area (Å²) >= 11 is 0. The molecule has 0 bridgehead atoms. The molecular formula is C14H26O. The highest BCUT2D eigenvalue weighted by atomic mass is 16.6. The van der Waals surface area contributed by atoms with Crippen LogP contribution in [0.3, 0.4) is 0 Å². The fourth-order valence-electron chi connectivity index (χ4n) is 1.90. The number of unbranched alkanes of at least 4 members (excludes halogenated alkanes) is 5. The highest BCUT2D eigenvalue weighted by Gasteiger charge is 2.35. The summed E-state index contributed by atoms with van der Waals surface area (Å²) in [6.45, 7) is 4.50. The van der Waals surface area contributed by atoms with E-state index in [0.29, 0.717) is 12.2 Å². The third-order valence-electron chi connectivity index (χ3n) is 3.01. The molecule has 1 aliphatic rings. The van der Waals surface area contributed by atoms with Gasteiger partial charge in [-0.3, -0.25) is 0 Å². The van der Waals surface area contributed by atoms with Crippen LogP contribution in [0.25, 0.3) is 0 Å². The predicted octanol–water partition coefficient (Wildman–Crippen LogP) is 4.47. The van der Waals surface area contributed by atoms with Crippen molar-refractivity contribution in [3.63, 3.8) is 0 Å². The third kappa shape index (κ3) is 5.99. The lowest BCUT2D eigenvalue weighted by molar-refractivity contribution is 0.373. The van der Waals surface area contributed by atoms with Crippen LogP contribution in [0.4, 0.5) is 0 Å². The Hall–Kier alpha value is -0.300. The second-order valence-corrected chi connectivity index (χ2v) is 4.56. The molecule has 0 N–H and O–H groups in total. The van der Waals surface area contributed by atoms with Crippen molar-refractivity contribution in [2.24, 2.45) is 0 Å². The van der Waals surface area contributed by atoms with E-state index in [0.717, 1.165) is 0 Å². The zero-order valence-corrected chi connectivity index (χ0v) is 10.4. The van der Waals surface area contributed by atoms with E-state index in [1.165, 1.54) is 51.4 Å². The van der Waals surface area contributed by atoms with Gasteiger partial charge in [0.05, 0.1) is 6.10 Å². The molecule has 1 nitrogen and oxygen atoms in total. The zero-order valence-electron chi connectivity index (χ0n) is 10.4. The summed E-state index contributed by atoms with van der Waals surface area (Å²) in [6, 6.07) is 0. The summed E-state index contributed by atoms with van der Waals surface area (Å²) in [5, 5.41) is 0. The molecule has 88 valence electrons. The Labute approximate surface area is 94.9 Å². The van der Waals surface area contributed by atoms with Crippen LogP contribution in [0.2, 0.25) is 0 Å². The standard InChI is InChI=1S/C14H26O/c1-3-5-7-8-10-12-14-13(15-14)11-9-6-4-2/h10,12-14H,3-9,11H2,1-2H3/b12-10-/t13-,14+/m0/s1. The van der Waals surface area contributed by atoms with Gasteiger partial charge in [0.1, 0.15) is 6.10 Å². The summed E-state index contributed by atoms with van der Waals surface area (Å²) in [5.74, 6) is 0. The zero-order chi connectivity index (χ0) is 10.9. The van der Waals surface area contributed by atoms with E-state index < -0.39 is 0 Å². The monoisotopic (exact) mass is 210 g/mol. The average molecular weight is 210 g/mol. The second kappa shape index (κ2) is 7.92. The molecule has 0 unspecified atom stereocenters. The number of hydrogen-bond donors (Lipinski definition) is 0. The van der Waals surface area contributed by atoms with Gasteiger partial charge < -0.3 is 4.74 Å². The van der Waals surface area contributed by atoms with E-state index in [2.05, 4.69) is 26.0 Å². The first-order chi connectivity index (χ1) is 7.38. The second-order valence-electron chi connectivity index (χ2n) is 4.56. The predicted molar refractivity (Wildman–Crippen MR) is 66.1 cm³/mol. The molecule has 0 aromatic rings. The van der Waals surface area contributed by atoms with Crippen LogP contribution in [-0.2, 0) is 4.74 Å². The van der Waals surface area contributed by atoms with Crippen molar-refractivity contribution in [3.8, 4) is 0 Å². The van der Waals surface area contributed by atoms with Gasteiger partial charge in [-0.15, -0.1) is 0 Å². The SMILES string of the molecule is CCCCC/C=C\[C@H]1O[C@H]1CCCCC. The van der Waals surface area contributed by atoms with Gasteiger partial charge in [-0.1, -0.05) is 58.1 Å². The van der Waals surface area contributed by atoms with Crippen LogP contribution in [0, 0.1) is 0 Å². The summed E-state index contributed by atoms with van der Waals surface area (Å²) in [5.41, 5.74) is 0. The molecule has 0 spiro atoms. The first kappa shape index (κ1) is 12.8. The highest BCUT2D eigenvalue weighted by Crippen LogP contribution is 2.28. The molecule has 0 amide bonds. The fraction of sp³-hybridized carbons (Fsp3) is 0.857. The Kier molecular flexibility index (Phi) is 6.74. The van der Waals surface area contributed by atoms with Gasteiger partial charge in [-0.2, -0.15) is 0 Å². The van der Waals surface area contributed by atoms with Gasteiger partial charge in [0.25, 0.3) is 0 Å². The molecule has 2 atom stereocenters. The van der Waals surface area contributed by atoms with Gasteiger partial charge in [0.2, 0.25) is 0 Å². The van der Waals surface area contributed by atoms with Crippen LogP contribution in [-0.4, -0.2) is 12.2 Å². The molecule has 1 heteroatoms. The van der Waals surface area contributed by atoms with Crippen LogP contribution in [0.1, 0.15) is 65.2 Å². The molecule has 15 heavy (non-hydrogen) atoms. The van der Waals surface area contributed by atoms with Crippen molar-refractivity contribution in [2.45, 2.75) is 77.4 Å². The number of epoxide rings is 1. The number of ether oxygens (including phenoxy) is 1. The van der Waals surface area contributed by atoms with E-state index in [1.54, 1.807) is 0 Å². The first-order valence-electron chi connectivity index (χ1n) is 6.70. The minimum Gasteiger partial charge on any atom is -0.365 e. The maximum atomic E-state index is 5.58. The lowest BCUT2D eigenvalue weighted by atomic mass is 10.1. The molecular weight excluding hydrogens is 184 g/mol. The molecule has 1 saturated heterocycles. The van der Waals surface area contributed by atoms with Crippen molar-refractivity contribution in [3.05, 3.63) is 12.2 Å². The van der Waals surface area contributed by atoms with Gasteiger partial charge >= 0.3 is 0 Å². The van der Waals surface area contributed by atoms with Crippen LogP contribution >= 0.6 is 0 Å². The Bertz CT molecular complexity index is 174. The van der Waals surface area contributed by atoms with E-state index in [4.69, 9.17) is 4.74 Å². The maximum Gasteiger partial charge on any atom is 0.102 e. The largest absolute Gasteiger partial charge is 0.365 e. The summed E-state index contributed by atoms with van der Waals surface area (Å²) in [7, 11) is 0. The minimum atomic E-state index is 0.462. The normalized spacial score (nSPS) is 24.9. The van der Waals surface area contributed by atoms with Gasteiger partial charge in [-0.25, -0.2) is 0 Å². The van der Waals surface area contributed by atoms with Gasteiger partial charge in [0, 0.05) is 0 Å². The van der Waals surface area contributed by atoms with Crippen molar-refractivity contribution in [1.82, 2.24) is 0 Å². The third-order valence-corrected chi connectivity index (χ3v) is 3.01. The van der Waals surface area contributed by atoms with E-state index in [1.807, 2.05) is 0 Å². The average Bonchev–Trinajstić information content (AvgIpc) is 2.97. The summed E-state index contributed by atoms with van der Waals surface area (Å²) in [4.78, 5) is 0. The summed E-state index contributed by atoms with van der Waals surface area (Å²) < 4.78 is 5.58. The highest BCUT2D eigenvalue weighted by molar-refractivity contribution is 5.02. The Balaban J connectivity index is 1.91. The van der Waals surface area contributed by atoms with E-state index in [-0.39, 0.29) is 0 Å². The van der Waals surface area contributed by atoms with Gasteiger partial charge in [0.15, 0.2) is 0 Å². The van der Waals surface area contributed by atoms with Crippen LogP contribution < -0.4 is 0 Å². The van der Waals surface area contributed by atoms with Crippen molar-refractivity contribution in [2.75, 3.05) is 0 Å². The molecule has 1 aliphatic heterocycles. The van der Waals surface area contributed by atoms with Gasteiger partial charge in [-0.05, 0) is 19.3 Å². The fourth-order valence-corrected chi connectivity index (χ4v) is 1.90. The molecule has 0 saturated carbocycles. The van der Waals surface area contributed by atoms with Crippen molar-refractivity contribution >= 4 is 0 Å². The molecule has 0 aromatic carbocycles. The number of hydrogen-bond acceptors (Lipinski definition) is 1. The van der Waals surface area contributed by atoms with Crippen LogP contribution in [0.5, 0.6) is 0 Å². The summed E-state index contributed by atoms with van der Waals surface area (Å²) in [6.07, 6.45) is 16.1. The Morgan fingerprint density at radius 3 is 2.47 bits per heavy atom. The molecule has 1 heterocycles. The van der Waals surface area contributed by atoms with Crippen molar-refractivity contribution in [1.29, 1.82) is 0 Å². The number of rotatable bonds is 9. The molecule has 1 rings (SSSR count). The lowest BCUT2D eigenvalue weighted by Gasteiger charge is -1.93. The lowest BCUT2D eigenvalue weighted by Crippen LogP contribution is -1.90. The molecule has 0 radical (unpaired) electrons.